The molecule has 0 radical (unpaired) electrons. The van der Waals surface area contributed by atoms with E-state index in [1.165, 1.54) is 39.9 Å². The molecule has 2 aromatic carbocycles. The summed E-state index contributed by atoms with van der Waals surface area (Å²) < 4.78 is 53.5. The molecule has 1 saturated heterocycles. The zero-order chi connectivity index (χ0) is 20.6. The normalized spacial score (nSPS) is 15.6. The Hall–Kier alpha value is -2.07. The van der Waals surface area contributed by atoms with Gasteiger partial charge in [0.25, 0.3) is 0 Å². The summed E-state index contributed by atoms with van der Waals surface area (Å²) in [5, 5.41) is 2.86. The van der Waals surface area contributed by atoms with Crippen molar-refractivity contribution in [1.82, 2.24) is 9.29 Å². The van der Waals surface area contributed by atoms with Gasteiger partial charge in [-0.3, -0.25) is 0 Å². The molecule has 2 heterocycles. The van der Waals surface area contributed by atoms with E-state index in [0.29, 0.717) is 42.5 Å². The largest absolute Gasteiger partial charge is 0.345 e. The van der Waals surface area contributed by atoms with Crippen LogP contribution in [0.15, 0.2) is 52.7 Å². The van der Waals surface area contributed by atoms with Crippen LogP contribution in [0.3, 0.4) is 0 Å². The minimum Gasteiger partial charge on any atom is -0.345 e. The Labute approximate surface area is 176 Å². The minimum absolute atomic E-state index is 0.0758. The van der Waals surface area contributed by atoms with Crippen LogP contribution in [0.5, 0.6) is 0 Å². The van der Waals surface area contributed by atoms with Crippen LogP contribution in [0.25, 0.3) is 11.3 Å². The Morgan fingerprint density at radius 2 is 1.66 bits per heavy atom. The van der Waals surface area contributed by atoms with Gasteiger partial charge in [-0.15, -0.1) is 11.3 Å². The van der Waals surface area contributed by atoms with Gasteiger partial charge in [0.1, 0.15) is 11.6 Å². The van der Waals surface area contributed by atoms with Crippen LogP contribution in [0.4, 0.5) is 13.9 Å². The van der Waals surface area contributed by atoms with E-state index in [-0.39, 0.29) is 4.90 Å². The third-order valence-corrected chi connectivity index (χ3v) is 7.64. The van der Waals surface area contributed by atoms with Crippen LogP contribution < -0.4 is 4.90 Å². The van der Waals surface area contributed by atoms with Gasteiger partial charge in [0.2, 0.25) is 10.0 Å². The summed E-state index contributed by atoms with van der Waals surface area (Å²) in [6, 6.07) is 9.08. The van der Waals surface area contributed by atoms with Crippen molar-refractivity contribution < 1.29 is 17.2 Å². The number of hydrogen-bond acceptors (Lipinski definition) is 5. The monoisotopic (exact) mass is 455 g/mol. The second-order valence-electron chi connectivity index (χ2n) is 6.52. The molecule has 0 bridgehead atoms. The Kier molecular flexibility index (Phi) is 5.56. The lowest BCUT2D eigenvalue weighted by atomic mass is 10.2. The fourth-order valence-electron chi connectivity index (χ4n) is 3.12. The van der Waals surface area contributed by atoms with Crippen molar-refractivity contribution in [1.29, 1.82) is 0 Å². The lowest BCUT2D eigenvalue weighted by molar-refractivity contribution is 0.384. The van der Waals surface area contributed by atoms with E-state index in [1.54, 1.807) is 6.07 Å². The average Bonchev–Trinajstić information content (AvgIpc) is 3.18. The zero-order valence-electron chi connectivity index (χ0n) is 15.1. The van der Waals surface area contributed by atoms with E-state index >= 15 is 0 Å². The van der Waals surface area contributed by atoms with Crippen molar-refractivity contribution in [2.24, 2.45) is 0 Å². The molecule has 3 aromatic rings. The van der Waals surface area contributed by atoms with Gasteiger partial charge < -0.3 is 4.90 Å². The average molecular weight is 456 g/mol. The molecule has 1 aromatic heterocycles. The smallest absolute Gasteiger partial charge is 0.243 e. The van der Waals surface area contributed by atoms with E-state index in [0.717, 1.165) is 17.3 Å². The maximum atomic E-state index is 13.6. The van der Waals surface area contributed by atoms with Gasteiger partial charge in [-0.2, -0.15) is 4.31 Å². The highest BCUT2D eigenvalue weighted by molar-refractivity contribution is 7.89. The minimum atomic E-state index is -3.67. The summed E-state index contributed by atoms with van der Waals surface area (Å²) in [6.07, 6.45) is 0. The summed E-state index contributed by atoms with van der Waals surface area (Å²) in [4.78, 5) is 6.62. The van der Waals surface area contributed by atoms with Gasteiger partial charge in [0.15, 0.2) is 5.13 Å². The maximum Gasteiger partial charge on any atom is 0.243 e. The van der Waals surface area contributed by atoms with Gasteiger partial charge in [-0.1, -0.05) is 11.6 Å². The molecule has 0 N–H and O–H groups in total. The molecule has 0 amide bonds. The number of thiazole rings is 1. The number of nitrogens with zero attached hydrogens (tertiary/aromatic N) is 3. The first kappa shape index (κ1) is 20.2. The van der Waals surface area contributed by atoms with Crippen LogP contribution in [-0.4, -0.2) is 43.9 Å². The predicted molar refractivity (Wildman–Crippen MR) is 110 cm³/mol. The zero-order valence-corrected chi connectivity index (χ0v) is 17.4. The lowest BCUT2D eigenvalue weighted by Crippen LogP contribution is -2.48. The lowest BCUT2D eigenvalue weighted by Gasteiger charge is -2.33. The standard InChI is InChI=1S/C19H16ClF2N3O2S2/c20-14-9-13(10-16(22)11-14)18-12-28-19(23-18)24-5-7-25(8-6-24)29(26,27)17-3-1-15(21)2-4-17/h1-4,9-12H,5-8H2. The third kappa shape index (κ3) is 4.28. The first-order valence-electron chi connectivity index (χ1n) is 8.75. The SMILES string of the molecule is O=S(=O)(c1ccc(F)cc1)N1CCN(c2nc(-c3cc(F)cc(Cl)c3)cs2)CC1. The Morgan fingerprint density at radius 1 is 0.966 bits per heavy atom. The number of piperazine rings is 1. The molecular formula is C19H16ClF2N3O2S2. The van der Waals surface area contributed by atoms with Gasteiger partial charge in [-0.25, -0.2) is 22.2 Å². The number of hydrogen-bond donors (Lipinski definition) is 0. The van der Waals surface area contributed by atoms with Crippen molar-refractivity contribution in [3.63, 3.8) is 0 Å². The molecule has 4 rings (SSSR count). The molecule has 0 aliphatic carbocycles. The fourth-order valence-corrected chi connectivity index (χ4v) is 5.65. The van der Waals surface area contributed by atoms with Crippen LogP contribution in [0.2, 0.25) is 5.02 Å². The molecule has 1 aliphatic rings. The van der Waals surface area contributed by atoms with Gasteiger partial charge in [0.05, 0.1) is 10.6 Å². The second kappa shape index (κ2) is 7.98. The molecule has 152 valence electrons. The number of halogens is 3. The number of sulfonamides is 1. The van der Waals surface area contributed by atoms with Crippen LogP contribution in [-0.2, 0) is 10.0 Å². The predicted octanol–water partition coefficient (Wildman–Crippen LogP) is 4.25. The van der Waals surface area contributed by atoms with Gasteiger partial charge in [-0.05, 0) is 42.5 Å². The van der Waals surface area contributed by atoms with E-state index in [9.17, 15) is 17.2 Å². The molecular weight excluding hydrogens is 440 g/mol. The van der Waals surface area contributed by atoms with Crippen molar-refractivity contribution in [2.45, 2.75) is 4.90 Å². The number of rotatable bonds is 4. The highest BCUT2D eigenvalue weighted by Crippen LogP contribution is 2.30. The Bertz CT molecular complexity index is 1110. The van der Waals surface area contributed by atoms with Gasteiger partial charge in [0, 0.05) is 42.1 Å². The fraction of sp³-hybridized carbons (Fsp3) is 0.211. The summed E-state index contributed by atoms with van der Waals surface area (Å²) in [5.74, 6) is -0.908. The van der Waals surface area contributed by atoms with E-state index < -0.39 is 21.7 Å². The number of anilines is 1. The maximum absolute atomic E-state index is 13.6. The first-order valence-corrected chi connectivity index (χ1v) is 11.5. The summed E-state index contributed by atoms with van der Waals surface area (Å²) >= 11 is 7.32. The van der Waals surface area contributed by atoms with Crippen molar-refractivity contribution in [2.75, 3.05) is 31.1 Å². The Morgan fingerprint density at radius 3 is 2.31 bits per heavy atom. The topological polar surface area (TPSA) is 53.5 Å². The quantitative estimate of drug-likeness (QED) is 0.590. The molecule has 29 heavy (non-hydrogen) atoms. The molecule has 10 heteroatoms. The third-order valence-electron chi connectivity index (χ3n) is 4.61. The molecule has 0 unspecified atom stereocenters. The van der Waals surface area contributed by atoms with E-state index in [4.69, 9.17) is 11.6 Å². The summed E-state index contributed by atoms with van der Waals surface area (Å²) in [7, 11) is -3.67. The summed E-state index contributed by atoms with van der Waals surface area (Å²) in [5.41, 5.74) is 1.21. The summed E-state index contributed by atoms with van der Waals surface area (Å²) in [6.45, 7) is 1.52. The van der Waals surface area contributed by atoms with Crippen LogP contribution >= 0.6 is 22.9 Å². The van der Waals surface area contributed by atoms with E-state index in [2.05, 4.69) is 4.98 Å². The molecule has 5 nitrogen and oxygen atoms in total. The molecule has 1 fully saturated rings. The molecule has 1 aliphatic heterocycles. The second-order valence-corrected chi connectivity index (χ2v) is 9.73. The highest BCUT2D eigenvalue weighted by atomic mass is 35.5. The number of benzene rings is 2. The van der Waals surface area contributed by atoms with Gasteiger partial charge >= 0.3 is 0 Å². The first-order chi connectivity index (χ1) is 13.8. The van der Waals surface area contributed by atoms with Crippen molar-refractivity contribution in [3.8, 4) is 11.3 Å². The van der Waals surface area contributed by atoms with Crippen molar-refractivity contribution in [3.05, 3.63) is 64.5 Å². The van der Waals surface area contributed by atoms with Crippen LogP contribution in [0, 0.1) is 11.6 Å². The molecule has 0 saturated carbocycles. The highest BCUT2D eigenvalue weighted by Gasteiger charge is 2.29. The Balaban J connectivity index is 1.46. The van der Waals surface area contributed by atoms with Crippen molar-refractivity contribution >= 4 is 38.1 Å². The van der Waals surface area contributed by atoms with Crippen LogP contribution in [0.1, 0.15) is 0 Å². The molecule has 0 spiro atoms. The molecule has 0 atom stereocenters. The number of aromatic nitrogens is 1. The van der Waals surface area contributed by atoms with E-state index in [1.807, 2.05) is 10.3 Å².